The topological polar surface area (TPSA) is 41.6 Å². The van der Waals surface area contributed by atoms with E-state index in [1.807, 2.05) is 18.9 Å². The van der Waals surface area contributed by atoms with Crippen LogP contribution in [0.4, 0.5) is 0 Å². The minimum absolute atomic E-state index is 0. The molecule has 124 valence electrons. The molecular formula is C15H21Cl3N2O2. The van der Waals surface area contributed by atoms with Crippen LogP contribution in [0.5, 0.6) is 5.75 Å². The zero-order valence-corrected chi connectivity index (χ0v) is 15.0. The Bertz CT molecular complexity index is 514. The first-order valence-corrected chi connectivity index (χ1v) is 7.82. The second kappa shape index (κ2) is 8.82. The average molecular weight is 368 g/mol. The molecule has 0 aliphatic carbocycles. The van der Waals surface area contributed by atoms with E-state index in [2.05, 4.69) is 5.32 Å². The largest absolute Gasteiger partial charge is 0.488 e. The number of carbonyl (C=O) groups excluding carboxylic acids is 1. The number of amides is 1. The molecule has 1 amide bonds. The highest BCUT2D eigenvalue weighted by Crippen LogP contribution is 2.28. The molecule has 1 aliphatic rings. The first-order valence-electron chi connectivity index (χ1n) is 7.06. The molecule has 1 saturated heterocycles. The van der Waals surface area contributed by atoms with E-state index in [-0.39, 0.29) is 30.3 Å². The minimum Gasteiger partial charge on any atom is -0.488 e. The van der Waals surface area contributed by atoms with Crippen molar-refractivity contribution >= 4 is 41.5 Å². The molecule has 1 heterocycles. The number of hydrogen-bond donors (Lipinski definition) is 1. The lowest BCUT2D eigenvalue weighted by Crippen LogP contribution is -2.38. The maximum absolute atomic E-state index is 12.2. The fraction of sp³-hybridized carbons (Fsp3) is 0.533. The van der Waals surface area contributed by atoms with E-state index in [1.54, 1.807) is 18.2 Å². The maximum Gasteiger partial charge on any atom is 0.226 e. The van der Waals surface area contributed by atoms with Crippen molar-refractivity contribution < 1.29 is 9.53 Å². The molecular weight excluding hydrogens is 347 g/mol. The predicted molar refractivity (Wildman–Crippen MR) is 92.4 cm³/mol. The van der Waals surface area contributed by atoms with Crippen LogP contribution in [0, 0.1) is 5.92 Å². The lowest BCUT2D eigenvalue weighted by Gasteiger charge is -2.21. The average Bonchev–Trinajstić information content (AvgIpc) is 2.91. The van der Waals surface area contributed by atoms with Crippen LogP contribution in [0.3, 0.4) is 0 Å². The molecule has 2 rings (SSSR count). The first-order chi connectivity index (χ1) is 10.0. The summed E-state index contributed by atoms with van der Waals surface area (Å²) in [5, 5.41) is 4.01. The normalized spacial score (nSPS) is 18.7. The van der Waals surface area contributed by atoms with E-state index >= 15 is 0 Å². The number of nitrogens with zero attached hydrogens (tertiary/aromatic N) is 1. The van der Waals surface area contributed by atoms with Crippen molar-refractivity contribution in [2.75, 3.05) is 26.7 Å². The Balaban J connectivity index is 0.00000242. The van der Waals surface area contributed by atoms with Crippen LogP contribution in [0.2, 0.25) is 10.0 Å². The molecule has 7 heteroatoms. The summed E-state index contributed by atoms with van der Waals surface area (Å²) in [5.74, 6) is 0.843. The fourth-order valence-electron chi connectivity index (χ4n) is 2.47. The summed E-state index contributed by atoms with van der Waals surface area (Å²) in [5.41, 5.74) is 0. The Morgan fingerprint density at radius 2 is 2.18 bits per heavy atom. The predicted octanol–water partition coefficient (Wildman–Crippen LogP) is 3.25. The number of halogens is 3. The van der Waals surface area contributed by atoms with Crippen molar-refractivity contribution in [3.05, 3.63) is 28.2 Å². The van der Waals surface area contributed by atoms with Gasteiger partial charge < -0.3 is 15.0 Å². The molecule has 2 unspecified atom stereocenters. The van der Waals surface area contributed by atoms with E-state index in [0.717, 1.165) is 13.0 Å². The van der Waals surface area contributed by atoms with Crippen LogP contribution >= 0.6 is 35.6 Å². The second-order valence-corrected chi connectivity index (χ2v) is 6.16. The van der Waals surface area contributed by atoms with Gasteiger partial charge in [0.15, 0.2) is 0 Å². The molecule has 0 radical (unpaired) electrons. The summed E-state index contributed by atoms with van der Waals surface area (Å²) in [6.45, 7) is 3.98. The molecule has 1 aliphatic heterocycles. The van der Waals surface area contributed by atoms with Gasteiger partial charge >= 0.3 is 0 Å². The number of carbonyl (C=O) groups is 1. The van der Waals surface area contributed by atoms with E-state index in [4.69, 9.17) is 27.9 Å². The molecule has 0 saturated carbocycles. The van der Waals surface area contributed by atoms with Crippen LogP contribution in [-0.2, 0) is 4.79 Å². The van der Waals surface area contributed by atoms with Gasteiger partial charge in [-0.3, -0.25) is 4.79 Å². The number of nitrogens with one attached hydrogen (secondary N) is 1. The molecule has 22 heavy (non-hydrogen) atoms. The maximum atomic E-state index is 12.2. The van der Waals surface area contributed by atoms with Gasteiger partial charge in [-0.15, -0.1) is 12.4 Å². The lowest BCUT2D eigenvalue weighted by atomic mass is 10.1. The van der Waals surface area contributed by atoms with E-state index < -0.39 is 0 Å². The molecule has 1 fully saturated rings. The van der Waals surface area contributed by atoms with Crippen molar-refractivity contribution in [1.82, 2.24) is 10.2 Å². The highest BCUT2D eigenvalue weighted by atomic mass is 35.5. The van der Waals surface area contributed by atoms with Crippen molar-refractivity contribution in [1.29, 1.82) is 0 Å². The summed E-state index contributed by atoms with van der Waals surface area (Å²) >= 11 is 11.9. The van der Waals surface area contributed by atoms with E-state index in [1.165, 1.54) is 0 Å². The Morgan fingerprint density at radius 3 is 2.82 bits per heavy atom. The quantitative estimate of drug-likeness (QED) is 0.868. The molecule has 1 aromatic rings. The monoisotopic (exact) mass is 366 g/mol. The SMILES string of the molecule is CNCC(C)C(=O)N1CCC(Oc2ccc(Cl)c(Cl)c2)C1.Cl. The third kappa shape index (κ3) is 4.92. The third-order valence-corrected chi connectivity index (χ3v) is 4.32. The highest BCUT2D eigenvalue weighted by molar-refractivity contribution is 6.42. The Labute approximate surface area is 147 Å². The summed E-state index contributed by atoms with van der Waals surface area (Å²) in [4.78, 5) is 14.1. The van der Waals surface area contributed by atoms with Crippen molar-refractivity contribution in [3.8, 4) is 5.75 Å². The van der Waals surface area contributed by atoms with Crippen LogP contribution < -0.4 is 10.1 Å². The van der Waals surface area contributed by atoms with Crippen LogP contribution in [0.1, 0.15) is 13.3 Å². The summed E-state index contributed by atoms with van der Waals surface area (Å²) in [6, 6.07) is 5.21. The van der Waals surface area contributed by atoms with Crippen molar-refractivity contribution in [2.45, 2.75) is 19.4 Å². The Kier molecular flexibility index (Phi) is 7.77. The van der Waals surface area contributed by atoms with Gasteiger partial charge in [-0.25, -0.2) is 0 Å². The molecule has 4 nitrogen and oxygen atoms in total. The Morgan fingerprint density at radius 1 is 1.45 bits per heavy atom. The standard InChI is InChI=1S/C15H20Cl2N2O2.ClH/c1-10(8-18-2)15(20)19-6-5-12(9-19)21-11-3-4-13(16)14(17)7-11;/h3-4,7,10,12,18H,5-6,8-9H2,1-2H3;1H. The summed E-state index contributed by atoms with van der Waals surface area (Å²) in [6.07, 6.45) is 0.839. The van der Waals surface area contributed by atoms with Gasteiger partial charge in [-0.2, -0.15) is 0 Å². The van der Waals surface area contributed by atoms with Crippen molar-refractivity contribution in [3.63, 3.8) is 0 Å². The number of hydrogen-bond acceptors (Lipinski definition) is 3. The molecule has 0 bridgehead atoms. The van der Waals surface area contributed by atoms with Gasteiger partial charge in [-0.1, -0.05) is 30.1 Å². The number of benzene rings is 1. The van der Waals surface area contributed by atoms with Gasteiger partial charge in [-0.05, 0) is 19.2 Å². The molecule has 0 spiro atoms. The number of rotatable bonds is 5. The van der Waals surface area contributed by atoms with Crippen LogP contribution in [0.15, 0.2) is 18.2 Å². The summed E-state index contributed by atoms with van der Waals surface area (Å²) in [7, 11) is 1.85. The van der Waals surface area contributed by atoms with Gasteiger partial charge in [0.2, 0.25) is 5.91 Å². The van der Waals surface area contributed by atoms with Gasteiger partial charge in [0.25, 0.3) is 0 Å². The van der Waals surface area contributed by atoms with E-state index in [9.17, 15) is 4.79 Å². The number of ether oxygens (including phenoxy) is 1. The Hall–Kier alpha value is -0.680. The zero-order chi connectivity index (χ0) is 15.4. The fourth-order valence-corrected chi connectivity index (χ4v) is 2.76. The summed E-state index contributed by atoms with van der Waals surface area (Å²) < 4.78 is 5.88. The van der Waals surface area contributed by atoms with Crippen LogP contribution in [-0.4, -0.2) is 43.6 Å². The molecule has 2 atom stereocenters. The lowest BCUT2D eigenvalue weighted by molar-refractivity contribution is -0.134. The minimum atomic E-state index is -0.0151. The first kappa shape index (κ1) is 19.4. The molecule has 0 aromatic heterocycles. The van der Waals surface area contributed by atoms with Gasteiger partial charge in [0.05, 0.1) is 16.6 Å². The molecule has 1 aromatic carbocycles. The third-order valence-electron chi connectivity index (χ3n) is 3.58. The van der Waals surface area contributed by atoms with E-state index in [0.29, 0.717) is 28.9 Å². The molecule has 1 N–H and O–H groups in total. The van der Waals surface area contributed by atoms with Crippen molar-refractivity contribution in [2.24, 2.45) is 5.92 Å². The highest BCUT2D eigenvalue weighted by Gasteiger charge is 2.29. The zero-order valence-electron chi connectivity index (χ0n) is 12.6. The van der Waals surface area contributed by atoms with Gasteiger partial charge in [0.1, 0.15) is 11.9 Å². The van der Waals surface area contributed by atoms with Gasteiger partial charge in [0, 0.05) is 31.5 Å². The van der Waals surface area contributed by atoms with Crippen LogP contribution in [0.25, 0.3) is 0 Å². The number of likely N-dealkylation sites (tertiary alicyclic amines) is 1. The second-order valence-electron chi connectivity index (χ2n) is 5.35. The smallest absolute Gasteiger partial charge is 0.226 e.